The lowest BCUT2D eigenvalue weighted by atomic mass is 10.1. The van der Waals surface area contributed by atoms with Gasteiger partial charge in [0.05, 0.1) is 18.0 Å². The summed E-state index contributed by atoms with van der Waals surface area (Å²) in [6.45, 7) is 0.574. The summed E-state index contributed by atoms with van der Waals surface area (Å²) in [6.07, 6.45) is 0.720. The molecule has 1 aromatic heterocycles. The molecular weight excluding hydrogens is 465 g/mol. The monoisotopic (exact) mass is 487 g/mol. The smallest absolute Gasteiger partial charge is 0.253 e. The molecule has 176 valence electrons. The van der Waals surface area contributed by atoms with Crippen LogP contribution >= 0.6 is 11.8 Å². The van der Waals surface area contributed by atoms with E-state index >= 15 is 0 Å². The molecule has 1 aliphatic heterocycles. The standard InChI is InChI=1S/C26H22FN5O2S/c27-21-13-7-8-14-23(21)34-17-24-28-29-26(32(24)20-11-5-2-6-12-20)35-18-25(33)31-16-15-22(30-31)19-9-3-1-4-10-19/h1-14H,15-18H2. The van der Waals surface area contributed by atoms with Crippen LogP contribution in [0.2, 0.25) is 0 Å². The first-order chi connectivity index (χ1) is 17.2. The number of benzene rings is 3. The summed E-state index contributed by atoms with van der Waals surface area (Å²) >= 11 is 1.28. The van der Waals surface area contributed by atoms with Gasteiger partial charge in [-0.2, -0.15) is 5.10 Å². The van der Waals surface area contributed by atoms with Gasteiger partial charge in [-0.1, -0.05) is 72.4 Å². The van der Waals surface area contributed by atoms with Crippen molar-refractivity contribution in [2.75, 3.05) is 12.3 Å². The fourth-order valence-corrected chi connectivity index (χ4v) is 4.54. The molecule has 0 spiro atoms. The molecule has 0 atom stereocenters. The minimum atomic E-state index is -0.445. The third kappa shape index (κ3) is 5.25. The molecule has 0 saturated carbocycles. The van der Waals surface area contributed by atoms with E-state index in [1.54, 1.807) is 18.2 Å². The number of rotatable bonds is 8. The lowest BCUT2D eigenvalue weighted by Gasteiger charge is -2.13. The largest absolute Gasteiger partial charge is 0.483 e. The van der Waals surface area contributed by atoms with Crippen molar-refractivity contribution in [3.05, 3.63) is 102 Å². The molecule has 1 aliphatic rings. The van der Waals surface area contributed by atoms with Gasteiger partial charge in [-0.3, -0.25) is 9.36 Å². The van der Waals surface area contributed by atoms with E-state index in [-0.39, 0.29) is 24.0 Å². The maximum absolute atomic E-state index is 14.0. The lowest BCUT2D eigenvalue weighted by molar-refractivity contribution is -0.127. The van der Waals surface area contributed by atoms with Crippen molar-refractivity contribution in [1.82, 2.24) is 19.8 Å². The van der Waals surface area contributed by atoms with Crippen molar-refractivity contribution in [3.8, 4) is 11.4 Å². The predicted octanol–water partition coefficient (Wildman–Crippen LogP) is 4.71. The van der Waals surface area contributed by atoms with Crippen LogP contribution in [0, 0.1) is 5.82 Å². The van der Waals surface area contributed by atoms with E-state index in [9.17, 15) is 9.18 Å². The van der Waals surface area contributed by atoms with Crippen LogP contribution in [-0.4, -0.2) is 43.7 Å². The molecule has 7 nitrogen and oxygen atoms in total. The van der Waals surface area contributed by atoms with Gasteiger partial charge in [-0.05, 0) is 29.8 Å². The average molecular weight is 488 g/mol. The van der Waals surface area contributed by atoms with E-state index in [1.165, 1.54) is 22.8 Å². The summed E-state index contributed by atoms with van der Waals surface area (Å²) in [6, 6.07) is 25.6. The van der Waals surface area contributed by atoms with Crippen molar-refractivity contribution < 1.29 is 13.9 Å². The summed E-state index contributed by atoms with van der Waals surface area (Å²) in [4.78, 5) is 12.9. The van der Waals surface area contributed by atoms with Crippen molar-refractivity contribution >= 4 is 23.4 Å². The lowest BCUT2D eigenvalue weighted by Crippen LogP contribution is -2.25. The summed E-state index contributed by atoms with van der Waals surface area (Å²) in [5.74, 6) is 0.248. The molecule has 0 fully saturated rings. The molecule has 0 radical (unpaired) electrons. The van der Waals surface area contributed by atoms with Gasteiger partial charge in [0.15, 0.2) is 22.5 Å². The first-order valence-corrected chi connectivity index (χ1v) is 12.1. The third-order valence-corrected chi connectivity index (χ3v) is 6.34. The molecular formula is C26H22FN5O2S. The predicted molar refractivity (Wildman–Crippen MR) is 132 cm³/mol. The quantitative estimate of drug-likeness (QED) is 0.337. The molecule has 0 unspecified atom stereocenters. The Kier molecular flexibility index (Phi) is 6.85. The Morgan fingerprint density at radius 3 is 2.43 bits per heavy atom. The molecule has 0 aliphatic carbocycles. The van der Waals surface area contributed by atoms with Gasteiger partial charge in [0.2, 0.25) is 0 Å². The number of nitrogens with zero attached hydrogens (tertiary/aromatic N) is 5. The molecule has 0 N–H and O–H groups in total. The van der Waals surface area contributed by atoms with Crippen LogP contribution in [0.5, 0.6) is 5.75 Å². The van der Waals surface area contributed by atoms with Crippen LogP contribution in [0.25, 0.3) is 5.69 Å². The molecule has 0 bridgehead atoms. The Hall–Kier alpha value is -3.98. The molecule has 2 heterocycles. The highest BCUT2D eigenvalue weighted by Gasteiger charge is 2.23. The van der Waals surface area contributed by atoms with Gasteiger partial charge in [0.25, 0.3) is 5.91 Å². The van der Waals surface area contributed by atoms with Crippen LogP contribution in [-0.2, 0) is 11.4 Å². The zero-order valence-electron chi connectivity index (χ0n) is 18.8. The summed E-state index contributed by atoms with van der Waals surface area (Å²) < 4.78 is 21.5. The normalized spacial score (nSPS) is 13.1. The first kappa shape index (κ1) is 22.8. The Balaban J connectivity index is 1.31. The maximum Gasteiger partial charge on any atom is 0.253 e. The number of halogens is 1. The van der Waals surface area contributed by atoms with Gasteiger partial charge in [0, 0.05) is 12.1 Å². The van der Waals surface area contributed by atoms with E-state index in [1.807, 2.05) is 65.2 Å². The number of ether oxygens (including phenoxy) is 1. The molecule has 9 heteroatoms. The summed E-state index contributed by atoms with van der Waals surface area (Å²) in [5, 5.41) is 15.1. The number of carbonyl (C=O) groups is 1. The highest BCUT2D eigenvalue weighted by atomic mass is 32.2. The number of hydrogen-bond donors (Lipinski definition) is 0. The second kappa shape index (κ2) is 10.5. The van der Waals surface area contributed by atoms with Crippen LogP contribution in [0.1, 0.15) is 17.8 Å². The van der Waals surface area contributed by atoms with Gasteiger partial charge in [-0.15, -0.1) is 10.2 Å². The van der Waals surface area contributed by atoms with E-state index in [2.05, 4.69) is 15.3 Å². The molecule has 4 aromatic rings. The molecule has 35 heavy (non-hydrogen) atoms. The Morgan fingerprint density at radius 2 is 1.66 bits per heavy atom. The third-order valence-electron chi connectivity index (χ3n) is 5.43. The van der Waals surface area contributed by atoms with Gasteiger partial charge >= 0.3 is 0 Å². The Labute approximate surface area is 206 Å². The van der Waals surface area contributed by atoms with E-state index in [0.29, 0.717) is 17.5 Å². The number of hydrogen-bond acceptors (Lipinski definition) is 6. The van der Waals surface area contributed by atoms with E-state index in [4.69, 9.17) is 4.74 Å². The fraction of sp³-hybridized carbons (Fsp3) is 0.154. The topological polar surface area (TPSA) is 72.6 Å². The maximum atomic E-state index is 14.0. The molecule has 0 saturated heterocycles. The second-order valence-electron chi connectivity index (χ2n) is 7.76. The highest BCUT2D eigenvalue weighted by molar-refractivity contribution is 7.99. The minimum Gasteiger partial charge on any atom is -0.483 e. The second-order valence-corrected chi connectivity index (χ2v) is 8.70. The van der Waals surface area contributed by atoms with Crippen LogP contribution in [0.15, 0.2) is 95.2 Å². The number of thioether (sulfide) groups is 1. The van der Waals surface area contributed by atoms with Crippen molar-refractivity contribution in [2.24, 2.45) is 5.10 Å². The summed E-state index contributed by atoms with van der Waals surface area (Å²) in [7, 11) is 0. The van der Waals surface area contributed by atoms with Crippen LogP contribution in [0.4, 0.5) is 4.39 Å². The van der Waals surface area contributed by atoms with Gasteiger partial charge in [0.1, 0.15) is 6.61 Å². The van der Waals surface area contributed by atoms with Crippen molar-refractivity contribution in [1.29, 1.82) is 0 Å². The molecule has 3 aromatic carbocycles. The molecule has 1 amide bonds. The van der Waals surface area contributed by atoms with Crippen molar-refractivity contribution in [3.63, 3.8) is 0 Å². The molecule has 5 rings (SSSR count). The fourth-order valence-electron chi connectivity index (χ4n) is 3.70. The zero-order chi connectivity index (χ0) is 24.0. The Bertz CT molecular complexity index is 1340. The minimum absolute atomic E-state index is 0.0220. The number of amides is 1. The summed E-state index contributed by atoms with van der Waals surface area (Å²) in [5.41, 5.74) is 2.76. The number of aromatic nitrogens is 3. The number of para-hydroxylation sites is 2. The van der Waals surface area contributed by atoms with Crippen LogP contribution in [0.3, 0.4) is 0 Å². The Morgan fingerprint density at radius 1 is 0.943 bits per heavy atom. The number of carbonyl (C=O) groups excluding carboxylic acids is 1. The first-order valence-electron chi connectivity index (χ1n) is 11.1. The highest BCUT2D eigenvalue weighted by Crippen LogP contribution is 2.25. The van der Waals surface area contributed by atoms with Gasteiger partial charge < -0.3 is 4.74 Å². The zero-order valence-corrected chi connectivity index (χ0v) is 19.6. The SMILES string of the molecule is O=C(CSc1nnc(COc2ccccc2F)n1-c1ccccc1)N1CCC(c2ccccc2)=N1. The average Bonchev–Trinajstić information content (AvgIpc) is 3.56. The van der Waals surface area contributed by atoms with Crippen molar-refractivity contribution in [2.45, 2.75) is 18.2 Å². The van der Waals surface area contributed by atoms with Gasteiger partial charge in [-0.25, -0.2) is 9.40 Å². The van der Waals surface area contributed by atoms with E-state index in [0.717, 1.165) is 23.4 Å². The van der Waals surface area contributed by atoms with E-state index < -0.39 is 5.82 Å². The van der Waals surface area contributed by atoms with Crippen LogP contribution < -0.4 is 4.74 Å². The number of hydrazone groups is 1.